The molecular formula is C25H16Cl3F4NO2. The Morgan fingerprint density at radius 3 is 2.23 bits per heavy atom. The summed E-state index contributed by atoms with van der Waals surface area (Å²) in [5.41, 5.74) is -2.65. The van der Waals surface area contributed by atoms with Crippen LogP contribution in [0.1, 0.15) is 39.6 Å². The van der Waals surface area contributed by atoms with Gasteiger partial charge in [0.25, 0.3) is 0 Å². The summed E-state index contributed by atoms with van der Waals surface area (Å²) >= 11 is 17.9. The third-order valence-corrected chi connectivity index (χ3v) is 7.22. The van der Waals surface area contributed by atoms with Gasteiger partial charge in [-0.15, -0.1) is 0 Å². The lowest BCUT2D eigenvalue weighted by Crippen LogP contribution is -2.43. The Morgan fingerprint density at radius 2 is 1.63 bits per heavy atom. The van der Waals surface area contributed by atoms with E-state index in [0.29, 0.717) is 0 Å². The fraction of sp³-hybridized carbons (Fsp3) is 0.200. The van der Waals surface area contributed by atoms with Gasteiger partial charge >= 0.3 is 6.18 Å². The van der Waals surface area contributed by atoms with E-state index in [1.54, 1.807) is 18.2 Å². The second-order valence-electron chi connectivity index (χ2n) is 8.14. The average Bonchev–Trinajstić information content (AvgIpc) is 3.29. The Balaban J connectivity index is 1.70. The molecule has 1 N–H and O–H groups in total. The molecule has 0 amide bonds. The smallest absolute Gasteiger partial charge is 0.380 e. The first-order valence-corrected chi connectivity index (χ1v) is 11.4. The number of Topliss-reactive ketones (excluding diaryl/α,β-unsaturated/α-hetero) is 1. The van der Waals surface area contributed by atoms with Crippen molar-refractivity contribution in [2.24, 2.45) is 4.99 Å². The van der Waals surface area contributed by atoms with Crippen LogP contribution in [0.4, 0.5) is 17.6 Å². The van der Waals surface area contributed by atoms with Crippen molar-refractivity contribution in [3.05, 3.63) is 104 Å². The summed E-state index contributed by atoms with van der Waals surface area (Å²) in [6.07, 6.45) is -7.16. The van der Waals surface area contributed by atoms with Gasteiger partial charge in [-0.25, -0.2) is 4.39 Å². The van der Waals surface area contributed by atoms with Gasteiger partial charge in [0.15, 0.2) is 5.78 Å². The topological polar surface area (TPSA) is 49.7 Å². The Hall–Kier alpha value is -2.45. The Bertz CT molecular complexity index is 1310. The first kappa shape index (κ1) is 25.6. The molecule has 35 heavy (non-hydrogen) atoms. The van der Waals surface area contributed by atoms with Crippen LogP contribution in [0, 0.1) is 5.82 Å². The summed E-state index contributed by atoms with van der Waals surface area (Å²) < 4.78 is 57.7. The van der Waals surface area contributed by atoms with Crippen LogP contribution in [0.3, 0.4) is 0 Å². The quantitative estimate of drug-likeness (QED) is 0.207. The number of nitrogens with zero attached hydrogens (tertiary/aromatic N) is 1. The maximum atomic E-state index is 14.5. The summed E-state index contributed by atoms with van der Waals surface area (Å²) in [4.78, 5) is 16.7. The standard InChI is InChI=1S/C25H16Cl3F4NO2/c26-17-9-15(10-18(27)21(17)28)24(25(30,31)32)11-20(33-12-24)14-6-7-19(29)16(8-14)23(35)22(34)13-4-2-1-3-5-13/h1-10,23,35H,11-12H2. The molecule has 2 unspecified atom stereocenters. The van der Waals surface area contributed by atoms with Gasteiger partial charge in [0.2, 0.25) is 0 Å². The van der Waals surface area contributed by atoms with Crippen molar-refractivity contribution in [1.82, 2.24) is 0 Å². The molecule has 182 valence electrons. The third kappa shape index (κ3) is 4.70. The highest BCUT2D eigenvalue weighted by Crippen LogP contribution is 2.49. The van der Waals surface area contributed by atoms with E-state index in [1.165, 1.54) is 18.2 Å². The molecule has 0 spiro atoms. The van der Waals surface area contributed by atoms with Gasteiger partial charge in [-0.2, -0.15) is 13.2 Å². The van der Waals surface area contributed by atoms with E-state index in [-0.39, 0.29) is 43.0 Å². The summed E-state index contributed by atoms with van der Waals surface area (Å²) in [7, 11) is 0. The largest absolute Gasteiger partial charge is 0.400 e. The lowest BCUT2D eigenvalue weighted by atomic mass is 9.76. The minimum absolute atomic E-state index is 0.0325. The molecule has 0 saturated heterocycles. The van der Waals surface area contributed by atoms with Gasteiger partial charge in [0.1, 0.15) is 17.3 Å². The van der Waals surface area contributed by atoms with Crippen molar-refractivity contribution in [3.8, 4) is 0 Å². The number of carbonyl (C=O) groups is 1. The van der Waals surface area contributed by atoms with Crippen molar-refractivity contribution in [2.45, 2.75) is 24.1 Å². The zero-order chi connectivity index (χ0) is 25.5. The lowest BCUT2D eigenvalue weighted by molar-refractivity contribution is -0.183. The number of carbonyl (C=O) groups excluding carboxylic acids is 1. The Labute approximate surface area is 213 Å². The Morgan fingerprint density at radius 1 is 1.00 bits per heavy atom. The summed E-state index contributed by atoms with van der Waals surface area (Å²) in [6, 6.07) is 13.4. The highest BCUT2D eigenvalue weighted by atomic mass is 35.5. The first-order chi connectivity index (χ1) is 16.4. The highest BCUT2D eigenvalue weighted by molar-refractivity contribution is 6.48. The molecule has 2 atom stereocenters. The molecule has 1 aliphatic heterocycles. The molecule has 4 rings (SSSR count). The monoisotopic (exact) mass is 543 g/mol. The molecule has 1 heterocycles. The van der Waals surface area contributed by atoms with Crippen molar-refractivity contribution in [1.29, 1.82) is 0 Å². The molecule has 10 heteroatoms. The van der Waals surface area contributed by atoms with E-state index in [2.05, 4.69) is 4.99 Å². The third-order valence-electron chi connectivity index (χ3n) is 6.02. The number of ketones is 1. The first-order valence-electron chi connectivity index (χ1n) is 10.3. The minimum atomic E-state index is -4.73. The number of aliphatic imine (C=N–C) groups is 1. The van der Waals surface area contributed by atoms with Crippen LogP contribution < -0.4 is 0 Å². The second-order valence-corrected chi connectivity index (χ2v) is 9.33. The predicted octanol–water partition coefficient (Wildman–Crippen LogP) is 7.40. The van der Waals surface area contributed by atoms with Crippen molar-refractivity contribution >= 4 is 46.3 Å². The number of alkyl halides is 3. The van der Waals surface area contributed by atoms with Gasteiger partial charge in [-0.05, 0) is 35.4 Å². The molecule has 0 aromatic heterocycles. The van der Waals surface area contributed by atoms with Crippen LogP contribution in [0.25, 0.3) is 0 Å². The average molecular weight is 545 g/mol. The predicted molar refractivity (Wildman–Crippen MR) is 127 cm³/mol. The van der Waals surface area contributed by atoms with E-state index in [0.717, 1.165) is 24.3 Å². The van der Waals surface area contributed by atoms with Crippen molar-refractivity contribution < 1.29 is 27.5 Å². The minimum Gasteiger partial charge on any atom is -0.380 e. The number of aliphatic hydroxyl groups is 1. The van der Waals surface area contributed by atoms with E-state index >= 15 is 0 Å². The molecule has 1 aliphatic rings. The number of hydrogen-bond donors (Lipinski definition) is 1. The molecule has 0 saturated carbocycles. The van der Waals surface area contributed by atoms with Crippen LogP contribution >= 0.6 is 34.8 Å². The summed E-state index contributed by atoms with van der Waals surface area (Å²) in [6.45, 7) is -0.654. The van der Waals surface area contributed by atoms with Crippen molar-refractivity contribution in [2.75, 3.05) is 6.54 Å². The number of hydrogen-bond acceptors (Lipinski definition) is 3. The van der Waals surface area contributed by atoms with Crippen LogP contribution in [0.5, 0.6) is 0 Å². The maximum Gasteiger partial charge on any atom is 0.400 e. The highest BCUT2D eigenvalue weighted by Gasteiger charge is 2.58. The lowest BCUT2D eigenvalue weighted by Gasteiger charge is -2.32. The number of aliphatic hydroxyl groups excluding tert-OH is 1. The van der Waals surface area contributed by atoms with E-state index in [1.807, 2.05) is 0 Å². The molecule has 0 bridgehead atoms. The number of benzene rings is 3. The fourth-order valence-electron chi connectivity index (χ4n) is 4.03. The zero-order valence-corrected chi connectivity index (χ0v) is 20.0. The van der Waals surface area contributed by atoms with Crippen LogP contribution in [-0.4, -0.2) is 29.3 Å². The number of rotatable bonds is 5. The fourth-order valence-corrected chi connectivity index (χ4v) is 4.63. The van der Waals surface area contributed by atoms with Crippen LogP contribution in [-0.2, 0) is 5.41 Å². The van der Waals surface area contributed by atoms with Gasteiger partial charge < -0.3 is 5.11 Å². The number of halogens is 7. The van der Waals surface area contributed by atoms with Gasteiger partial charge in [-0.3, -0.25) is 9.79 Å². The molecule has 0 aliphatic carbocycles. The SMILES string of the molecule is O=C(c1ccccc1)C(O)c1cc(C2=NCC(c3cc(Cl)c(Cl)c(Cl)c3)(C(F)(F)F)C2)ccc1F. The Kier molecular flexibility index (Phi) is 6.99. The molecule has 3 aromatic rings. The molecule has 3 nitrogen and oxygen atoms in total. The second kappa shape index (κ2) is 9.54. The molecule has 3 aromatic carbocycles. The van der Waals surface area contributed by atoms with Gasteiger partial charge in [-0.1, -0.05) is 71.2 Å². The normalized spacial score (nSPS) is 18.9. The van der Waals surface area contributed by atoms with Crippen LogP contribution in [0.2, 0.25) is 15.1 Å². The molecular weight excluding hydrogens is 529 g/mol. The summed E-state index contributed by atoms with van der Waals surface area (Å²) in [5.74, 6) is -1.62. The zero-order valence-electron chi connectivity index (χ0n) is 17.7. The maximum absolute atomic E-state index is 14.5. The molecule has 0 radical (unpaired) electrons. The van der Waals surface area contributed by atoms with Gasteiger partial charge in [0, 0.05) is 23.3 Å². The van der Waals surface area contributed by atoms with E-state index in [4.69, 9.17) is 34.8 Å². The van der Waals surface area contributed by atoms with Crippen LogP contribution in [0.15, 0.2) is 65.7 Å². The molecule has 0 fully saturated rings. The van der Waals surface area contributed by atoms with Crippen molar-refractivity contribution in [3.63, 3.8) is 0 Å². The van der Waals surface area contributed by atoms with Gasteiger partial charge in [0.05, 0.1) is 21.6 Å². The van der Waals surface area contributed by atoms with E-state index < -0.39 is 42.3 Å². The van der Waals surface area contributed by atoms with E-state index in [9.17, 15) is 27.5 Å². The summed E-state index contributed by atoms with van der Waals surface area (Å²) in [5, 5.41) is 10.2.